The van der Waals surface area contributed by atoms with E-state index in [4.69, 9.17) is 0 Å². The van der Waals surface area contributed by atoms with Crippen LogP contribution >= 0.6 is 0 Å². The van der Waals surface area contributed by atoms with Crippen LogP contribution in [0.2, 0.25) is 0 Å². The summed E-state index contributed by atoms with van der Waals surface area (Å²) in [4.78, 5) is 2.77. The standard InChI is InChI=1S/C16H32N2/c1-12(2)15-6-5-7-16(9-8-15)18-10-13(3)17-14(4)11-18/h12-17H,5-11H2,1-4H3. The average Bonchev–Trinajstić information content (AvgIpc) is 2.52. The van der Waals surface area contributed by atoms with E-state index in [0.717, 1.165) is 17.9 Å². The maximum Gasteiger partial charge on any atom is 0.0169 e. The highest BCUT2D eigenvalue weighted by atomic mass is 15.2. The molecule has 2 nitrogen and oxygen atoms in total. The molecular weight excluding hydrogens is 220 g/mol. The topological polar surface area (TPSA) is 15.3 Å². The van der Waals surface area contributed by atoms with Gasteiger partial charge in [0.15, 0.2) is 0 Å². The van der Waals surface area contributed by atoms with Gasteiger partial charge in [0.2, 0.25) is 0 Å². The number of nitrogens with zero attached hydrogens (tertiary/aromatic N) is 1. The summed E-state index contributed by atoms with van der Waals surface area (Å²) in [5, 5.41) is 3.65. The van der Waals surface area contributed by atoms with E-state index in [1.54, 1.807) is 0 Å². The Labute approximate surface area is 114 Å². The fraction of sp³-hybridized carbons (Fsp3) is 1.00. The molecule has 0 aromatic carbocycles. The van der Waals surface area contributed by atoms with Crippen LogP contribution in [0.15, 0.2) is 0 Å². The maximum atomic E-state index is 3.65. The van der Waals surface area contributed by atoms with E-state index in [2.05, 4.69) is 37.9 Å². The summed E-state index contributed by atoms with van der Waals surface area (Å²) in [6.07, 6.45) is 7.23. The van der Waals surface area contributed by atoms with Gasteiger partial charge in [-0.05, 0) is 44.9 Å². The molecule has 0 amide bonds. The van der Waals surface area contributed by atoms with Crippen molar-refractivity contribution in [1.82, 2.24) is 10.2 Å². The second kappa shape index (κ2) is 6.38. The third kappa shape index (κ3) is 3.71. The quantitative estimate of drug-likeness (QED) is 0.759. The third-order valence-corrected chi connectivity index (χ3v) is 5.03. The Morgan fingerprint density at radius 1 is 0.944 bits per heavy atom. The lowest BCUT2D eigenvalue weighted by Gasteiger charge is -2.41. The van der Waals surface area contributed by atoms with Crippen molar-refractivity contribution >= 4 is 0 Å². The average molecular weight is 252 g/mol. The normalized spacial score (nSPS) is 39.8. The largest absolute Gasteiger partial charge is 0.309 e. The molecule has 106 valence electrons. The van der Waals surface area contributed by atoms with E-state index in [-0.39, 0.29) is 0 Å². The number of rotatable bonds is 2. The zero-order valence-corrected chi connectivity index (χ0v) is 12.8. The summed E-state index contributed by atoms with van der Waals surface area (Å²) < 4.78 is 0. The minimum absolute atomic E-state index is 0.665. The van der Waals surface area contributed by atoms with Crippen LogP contribution in [0.5, 0.6) is 0 Å². The molecule has 1 aliphatic carbocycles. The van der Waals surface area contributed by atoms with Crippen molar-refractivity contribution < 1.29 is 0 Å². The van der Waals surface area contributed by atoms with E-state index >= 15 is 0 Å². The van der Waals surface area contributed by atoms with Crippen LogP contribution in [0, 0.1) is 11.8 Å². The molecule has 2 rings (SSSR count). The predicted molar refractivity (Wildman–Crippen MR) is 78.8 cm³/mol. The number of piperazine rings is 1. The van der Waals surface area contributed by atoms with E-state index in [0.29, 0.717) is 12.1 Å². The molecule has 18 heavy (non-hydrogen) atoms. The first-order valence-corrected chi connectivity index (χ1v) is 8.06. The molecule has 0 aromatic rings. The molecule has 1 saturated heterocycles. The molecule has 0 aromatic heterocycles. The van der Waals surface area contributed by atoms with Crippen LogP contribution in [0.4, 0.5) is 0 Å². The van der Waals surface area contributed by atoms with Gasteiger partial charge in [0.1, 0.15) is 0 Å². The van der Waals surface area contributed by atoms with E-state index in [1.807, 2.05) is 0 Å². The van der Waals surface area contributed by atoms with Gasteiger partial charge in [0, 0.05) is 31.2 Å². The summed E-state index contributed by atoms with van der Waals surface area (Å²) in [5.74, 6) is 1.86. The monoisotopic (exact) mass is 252 g/mol. The molecule has 1 aliphatic heterocycles. The molecule has 0 bridgehead atoms. The van der Waals surface area contributed by atoms with Gasteiger partial charge in [0.05, 0.1) is 0 Å². The molecule has 1 saturated carbocycles. The SMILES string of the molecule is CC1CN(C2CCCC(C(C)C)CC2)CC(C)N1. The Balaban J connectivity index is 1.89. The molecule has 1 N–H and O–H groups in total. The highest BCUT2D eigenvalue weighted by molar-refractivity contribution is 4.87. The molecule has 2 fully saturated rings. The van der Waals surface area contributed by atoms with Gasteiger partial charge in [-0.1, -0.05) is 26.7 Å². The Morgan fingerprint density at radius 2 is 1.61 bits per heavy atom. The van der Waals surface area contributed by atoms with Gasteiger partial charge in [-0.25, -0.2) is 0 Å². The Hall–Kier alpha value is -0.0800. The minimum atomic E-state index is 0.665. The van der Waals surface area contributed by atoms with Crippen molar-refractivity contribution in [3.05, 3.63) is 0 Å². The molecule has 2 heteroatoms. The van der Waals surface area contributed by atoms with Crippen LogP contribution in [-0.2, 0) is 0 Å². The lowest BCUT2D eigenvalue weighted by molar-refractivity contribution is 0.111. The zero-order chi connectivity index (χ0) is 13.1. The number of nitrogens with one attached hydrogen (secondary N) is 1. The molecule has 0 spiro atoms. The van der Waals surface area contributed by atoms with Gasteiger partial charge < -0.3 is 5.32 Å². The smallest absolute Gasteiger partial charge is 0.0169 e. The predicted octanol–water partition coefficient (Wildman–Crippen LogP) is 3.27. The van der Waals surface area contributed by atoms with Crippen molar-refractivity contribution in [2.75, 3.05) is 13.1 Å². The van der Waals surface area contributed by atoms with E-state index in [1.165, 1.54) is 45.2 Å². The minimum Gasteiger partial charge on any atom is -0.309 e. The number of hydrogen-bond donors (Lipinski definition) is 1. The van der Waals surface area contributed by atoms with Crippen LogP contribution in [0.1, 0.15) is 59.8 Å². The zero-order valence-electron chi connectivity index (χ0n) is 12.8. The molecular formula is C16H32N2. The lowest BCUT2D eigenvalue weighted by atomic mass is 9.89. The second-order valence-electron chi connectivity index (χ2n) is 7.09. The van der Waals surface area contributed by atoms with Gasteiger partial charge in [-0.2, -0.15) is 0 Å². The summed E-state index contributed by atoms with van der Waals surface area (Å²) in [6, 6.07) is 2.19. The fourth-order valence-electron chi connectivity index (χ4n) is 4.01. The van der Waals surface area contributed by atoms with E-state index < -0.39 is 0 Å². The third-order valence-electron chi connectivity index (χ3n) is 5.03. The summed E-state index contributed by atoms with van der Waals surface area (Å²) in [6.45, 7) is 12.0. The van der Waals surface area contributed by atoms with Gasteiger partial charge in [-0.15, -0.1) is 0 Å². The van der Waals surface area contributed by atoms with Gasteiger partial charge in [0.25, 0.3) is 0 Å². The van der Waals surface area contributed by atoms with Crippen molar-refractivity contribution in [1.29, 1.82) is 0 Å². The molecule has 4 unspecified atom stereocenters. The van der Waals surface area contributed by atoms with Crippen LogP contribution in [0.25, 0.3) is 0 Å². The van der Waals surface area contributed by atoms with Crippen molar-refractivity contribution in [3.63, 3.8) is 0 Å². The summed E-state index contributed by atoms with van der Waals surface area (Å²) in [5.41, 5.74) is 0. The lowest BCUT2D eigenvalue weighted by Crippen LogP contribution is -2.56. The molecule has 2 aliphatic rings. The molecule has 1 heterocycles. The van der Waals surface area contributed by atoms with Crippen LogP contribution in [-0.4, -0.2) is 36.1 Å². The highest BCUT2D eigenvalue weighted by Crippen LogP contribution is 2.31. The maximum absolute atomic E-state index is 3.65. The molecule has 0 radical (unpaired) electrons. The first-order chi connectivity index (χ1) is 8.56. The Kier molecular flexibility index (Phi) is 5.08. The first-order valence-electron chi connectivity index (χ1n) is 8.06. The number of hydrogen-bond acceptors (Lipinski definition) is 2. The van der Waals surface area contributed by atoms with Crippen molar-refractivity contribution in [2.24, 2.45) is 11.8 Å². The molecule has 4 atom stereocenters. The van der Waals surface area contributed by atoms with Gasteiger partial charge >= 0.3 is 0 Å². The van der Waals surface area contributed by atoms with Gasteiger partial charge in [-0.3, -0.25) is 4.90 Å². The highest BCUT2D eigenvalue weighted by Gasteiger charge is 2.29. The Morgan fingerprint density at radius 3 is 2.22 bits per heavy atom. The summed E-state index contributed by atoms with van der Waals surface area (Å²) >= 11 is 0. The van der Waals surface area contributed by atoms with Crippen LogP contribution in [0.3, 0.4) is 0 Å². The fourth-order valence-corrected chi connectivity index (χ4v) is 4.01. The van der Waals surface area contributed by atoms with Crippen molar-refractivity contribution in [3.8, 4) is 0 Å². The first kappa shape index (κ1) is 14.3. The van der Waals surface area contributed by atoms with Crippen LogP contribution < -0.4 is 5.32 Å². The summed E-state index contributed by atoms with van der Waals surface area (Å²) in [7, 11) is 0. The van der Waals surface area contributed by atoms with Crippen molar-refractivity contribution in [2.45, 2.75) is 77.9 Å². The Bertz CT molecular complexity index is 241. The second-order valence-corrected chi connectivity index (χ2v) is 7.09. The van der Waals surface area contributed by atoms with E-state index in [9.17, 15) is 0 Å².